The second-order valence-electron chi connectivity index (χ2n) is 4.04. The minimum absolute atomic E-state index is 0.580. The Labute approximate surface area is 96.7 Å². The highest BCUT2D eigenvalue weighted by molar-refractivity contribution is 7.99. The molecule has 2 heteroatoms. The summed E-state index contributed by atoms with van der Waals surface area (Å²) in [7, 11) is 0. The van der Waals surface area contributed by atoms with Crippen molar-refractivity contribution in [2.75, 3.05) is 12.3 Å². The highest BCUT2D eigenvalue weighted by Gasteiger charge is 2.17. The van der Waals surface area contributed by atoms with Crippen molar-refractivity contribution in [3.63, 3.8) is 0 Å². The zero-order valence-electron chi connectivity index (χ0n) is 9.33. The molecule has 1 heterocycles. The van der Waals surface area contributed by atoms with Gasteiger partial charge in [0.05, 0.1) is 0 Å². The molecule has 1 aromatic carbocycles. The van der Waals surface area contributed by atoms with E-state index in [1.165, 1.54) is 35.5 Å². The molecule has 0 saturated carbocycles. The molecule has 1 N–H and O–H groups in total. The van der Waals surface area contributed by atoms with Crippen LogP contribution in [0.15, 0.2) is 29.2 Å². The molecule has 15 heavy (non-hydrogen) atoms. The first-order valence-corrected chi connectivity index (χ1v) is 6.85. The molecule has 0 aromatic heterocycles. The second-order valence-corrected chi connectivity index (χ2v) is 5.17. The van der Waals surface area contributed by atoms with Crippen LogP contribution in [0.5, 0.6) is 0 Å². The maximum absolute atomic E-state index is 3.65. The first kappa shape index (κ1) is 11.0. The van der Waals surface area contributed by atoms with Crippen molar-refractivity contribution in [1.29, 1.82) is 0 Å². The molecule has 1 aliphatic rings. The normalized spacial score (nSPS) is 20.7. The molecule has 1 unspecified atom stereocenters. The summed E-state index contributed by atoms with van der Waals surface area (Å²) in [4.78, 5) is 1.48. The molecule has 2 rings (SSSR count). The largest absolute Gasteiger partial charge is 0.310 e. The fourth-order valence-corrected chi connectivity index (χ4v) is 3.14. The SMILES string of the molecule is CCCNC1CCCSc2ccccc21. The third-order valence-corrected chi connectivity index (χ3v) is 4.01. The van der Waals surface area contributed by atoms with Crippen LogP contribution < -0.4 is 5.32 Å². The van der Waals surface area contributed by atoms with E-state index in [1.807, 2.05) is 11.8 Å². The summed E-state index contributed by atoms with van der Waals surface area (Å²) in [6.07, 6.45) is 3.82. The lowest BCUT2D eigenvalue weighted by Gasteiger charge is -2.18. The molecule has 1 nitrogen and oxygen atoms in total. The Balaban J connectivity index is 2.17. The molecule has 0 bridgehead atoms. The first-order valence-electron chi connectivity index (χ1n) is 5.87. The third-order valence-electron chi connectivity index (χ3n) is 2.83. The van der Waals surface area contributed by atoms with Crippen LogP contribution in [0.1, 0.15) is 37.8 Å². The van der Waals surface area contributed by atoms with Crippen molar-refractivity contribution >= 4 is 11.8 Å². The molecule has 1 aromatic rings. The lowest BCUT2D eigenvalue weighted by atomic mass is 10.0. The van der Waals surface area contributed by atoms with Crippen LogP contribution in [0.25, 0.3) is 0 Å². The van der Waals surface area contributed by atoms with Gasteiger partial charge in [0.1, 0.15) is 0 Å². The number of rotatable bonds is 3. The Kier molecular flexibility index (Phi) is 4.09. The van der Waals surface area contributed by atoms with Crippen molar-refractivity contribution < 1.29 is 0 Å². The summed E-state index contributed by atoms with van der Waals surface area (Å²) in [6.45, 7) is 3.36. The third kappa shape index (κ3) is 2.76. The number of thioether (sulfide) groups is 1. The van der Waals surface area contributed by atoms with Crippen LogP contribution in [0.4, 0.5) is 0 Å². The van der Waals surface area contributed by atoms with Crippen LogP contribution in [0, 0.1) is 0 Å². The molecule has 82 valence electrons. The van der Waals surface area contributed by atoms with Gasteiger partial charge in [0.15, 0.2) is 0 Å². The van der Waals surface area contributed by atoms with Gasteiger partial charge >= 0.3 is 0 Å². The van der Waals surface area contributed by atoms with E-state index in [1.54, 1.807) is 0 Å². The van der Waals surface area contributed by atoms with Crippen LogP contribution in [0.3, 0.4) is 0 Å². The molecule has 0 radical (unpaired) electrons. The summed E-state index contributed by atoms with van der Waals surface area (Å²) in [6, 6.07) is 9.42. The summed E-state index contributed by atoms with van der Waals surface area (Å²) < 4.78 is 0. The monoisotopic (exact) mass is 221 g/mol. The van der Waals surface area contributed by atoms with Gasteiger partial charge in [-0.05, 0) is 43.2 Å². The second kappa shape index (κ2) is 5.57. The molecule has 0 fully saturated rings. The van der Waals surface area contributed by atoms with Gasteiger partial charge in [-0.3, -0.25) is 0 Å². The maximum atomic E-state index is 3.65. The predicted octanol–water partition coefficient (Wildman–Crippen LogP) is 3.61. The van der Waals surface area contributed by atoms with E-state index in [4.69, 9.17) is 0 Å². The fraction of sp³-hybridized carbons (Fsp3) is 0.538. The molecule has 0 amide bonds. The van der Waals surface area contributed by atoms with Crippen molar-refractivity contribution in [3.05, 3.63) is 29.8 Å². The van der Waals surface area contributed by atoms with Gasteiger partial charge in [-0.25, -0.2) is 0 Å². The number of benzene rings is 1. The van der Waals surface area contributed by atoms with Gasteiger partial charge in [-0.1, -0.05) is 25.1 Å². The number of nitrogens with one attached hydrogen (secondary N) is 1. The lowest BCUT2D eigenvalue weighted by molar-refractivity contribution is 0.493. The maximum Gasteiger partial charge on any atom is 0.0331 e. The van der Waals surface area contributed by atoms with E-state index in [9.17, 15) is 0 Å². The van der Waals surface area contributed by atoms with E-state index in [0.29, 0.717) is 6.04 Å². The Morgan fingerprint density at radius 2 is 2.27 bits per heavy atom. The topological polar surface area (TPSA) is 12.0 Å². The van der Waals surface area contributed by atoms with E-state index in [-0.39, 0.29) is 0 Å². The minimum Gasteiger partial charge on any atom is -0.310 e. The van der Waals surface area contributed by atoms with Gasteiger partial charge in [-0.15, -0.1) is 11.8 Å². The highest BCUT2D eigenvalue weighted by Crippen LogP contribution is 2.34. The summed E-state index contributed by atoms with van der Waals surface area (Å²) in [5.41, 5.74) is 1.51. The minimum atomic E-state index is 0.580. The summed E-state index contributed by atoms with van der Waals surface area (Å²) >= 11 is 2.01. The van der Waals surface area contributed by atoms with Crippen LogP contribution in [0.2, 0.25) is 0 Å². The molecule has 0 saturated heterocycles. The average molecular weight is 221 g/mol. The fourth-order valence-electron chi connectivity index (χ4n) is 2.06. The average Bonchev–Trinajstić information content (AvgIpc) is 2.49. The zero-order valence-corrected chi connectivity index (χ0v) is 10.1. The highest BCUT2D eigenvalue weighted by atomic mass is 32.2. The molecular formula is C13H19NS. The Hall–Kier alpha value is -0.470. The Morgan fingerprint density at radius 1 is 1.40 bits per heavy atom. The van der Waals surface area contributed by atoms with Gasteiger partial charge in [0.25, 0.3) is 0 Å². The lowest BCUT2D eigenvalue weighted by Crippen LogP contribution is -2.22. The summed E-state index contributed by atoms with van der Waals surface area (Å²) in [5, 5.41) is 3.65. The smallest absolute Gasteiger partial charge is 0.0331 e. The zero-order chi connectivity index (χ0) is 10.5. The Bertz CT molecular complexity index is 311. The molecule has 1 aliphatic heterocycles. The van der Waals surface area contributed by atoms with Crippen molar-refractivity contribution in [2.24, 2.45) is 0 Å². The number of hydrogen-bond donors (Lipinski definition) is 1. The number of hydrogen-bond acceptors (Lipinski definition) is 2. The standard InChI is InChI=1S/C13H19NS/c1-2-9-14-12-7-5-10-15-13-8-4-3-6-11(12)13/h3-4,6,8,12,14H,2,5,7,9-10H2,1H3. The van der Waals surface area contributed by atoms with Crippen molar-refractivity contribution in [2.45, 2.75) is 37.1 Å². The van der Waals surface area contributed by atoms with Crippen LogP contribution >= 0.6 is 11.8 Å². The van der Waals surface area contributed by atoms with Crippen molar-refractivity contribution in [3.8, 4) is 0 Å². The Morgan fingerprint density at radius 3 is 3.13 bits per heavy atom. The van der Waals surface area contributed by atoms with Crippen molar-refractivity contribution in [1.82, 2.24) is 5.32 Å². The van der Waals surface area contributed by atoms with Gasteiger partial charge in [0.2, 0.25) is 0 Å². The van der Waals surface area contributed by atoms with E-state index < -0.39 is 0 Å². The molecular weight excluding hydrogens is 202 g/mol. The number of fused-ring (bicyclic) bond motifs is 1. The van der Waals surface area contributed by atoms with Gasteiger partial charge in [-0.2, -0.15) is 0 Å². The van der Waals surface area contributed by atoms with E-state index in [0.717, 1.165) is 6.54 Å². The predicted molar refractivity (Wildman–Crippen MR) is 67.4 cm³/mol. The van der Waals surface area contributed by atoms with E-state index in [2.05, 4.69) is 36.5 Å². The molecule has 0 aliphatic carbocycles. The quantitative estimate of drug-likeness (QED) is 0.836. The van der Waals surface area contributed by atoms with Gasteiger partial charge < -0.3 is 5.32 Å². The van der Waals surface area contributed by atoms with E-state index >= 15 is 0 Å². The summed E-state index contributed by atoms with van der Waals surface area (Å²) in [5.74, 6) is 1.27. The first-order chi connectivity index (χ1) is 7.42. The molecule has 0 spiro atoms. The van der Waals surface area contributed by atoms with Gasteiger partial charge in [0, 0.05) is 10.9 Å². The van der Waals surface area contributed by atoms with Crippen LogP contribution in [-0.2, 0) is 0 Å². The van der Waals surface area contributed by atoms with Crippen LogP contribution in [-0.4, -0.2) is 12.3 Å². The molecule has 1 atom stereocenters.